The zero-order valence-corrected chi connectivity index (χ0v) is 30.9. The van der Waals surface area contributed by atoms with Gasteiger partial charge in [0.15, 0.2) is 7.28 Å². The van der Waals surface area contributed by atoms with Crippen molar-refractivity contribution < 1.29 is 0 Å². The summed E-state index contributed by atoms with van der Waals surface area (Å²) in [5.41, 5.74) is 23.5. The first-order valence-electron chi connectivity index (χ1n) is 17.3. The zero-order chi connectivity index (χ0) is 32.8. The Morgan fingerprint density at radius 1 is 0.636 bits per heavy atom. The smallest absolute Gasteiger partial charge is 0.101 e. The Labute approximate surface area is 279 Å². The lowest BCUT2D eigenvalue weighted by Crippen LogP contribution is -2.63. The average molecular weight is 565 g/mol. The molecule has 1 aliphatic rings. The highest BCUT2D eigenvalue weighted by molar-refractivity contribution is 6.85. The van der Waals surface area contributed by atoms with Crippen molar-refractivity contribution in [1.82, 2.24) is 0 Å². The molecule has 0 saturated heterocycles. The van der Waals surface area contributed by atoms with Crippen molar-refractivity contribution >= 4 is 168 Å². The van der Waals surface area contributed by atoms with Crippen LogP contribution in [0.5, 0.6) is 0 Å². The van der Waals surface area contributed by atoms with Crippen molar-refractivity contribution in [3.63, 3.8) is 0 Å². The lowest BCUT2D eigenvalue weighted by atomic mass is 9.47. The Balaban J connectivity index is 1.95. The lowest BCUT2D eigenvalue weighted by Gasteiger charge is -2.28. The van der Waals surface area contributed by atoms with E-state index in [9.17, 15) is 0 Å². The van der Waals surface area contributed by atoms with Gasteiger partial charge in [0.05, 0.1) is 0 Å². The van der Waals surface area contributed by atoms with E-state index < -0.39 is 0 Å². The Bertz CT molecular complexity index is 1700. The highest BCUT2D eigenvalue weighted by atomic mass is 14.2. The number of rotatable bonds is 5. The van der Waals surface area contributed by atoms with Gasteiger partial charge in [0, 0.05) is 0 Å². The summed E-state index contributed by atoms with van der Waals surface area (Å²) in [7, 11) is 24.6. The molecule has 1 unspecified atom stereocenters. The fourth-order valence-electron chi connectivity index (χ4n) is 8.34. The Morgan fingerprint density at radius 2 is 1.20 bits per heavy atom. The quantitative estimate of drug-likeness (QED) is 0.214. The van der Waals surface area contributed by atoms with E-state index in [0.29, 0.717) is 17.8 Å². The van der Waals surface area contributed by atoms with E-state index in [2.05, 4.69) is 137 Å². The molecule has 4 rings (SSSR count). The fourth-order valence-corrected chi connectivity index (χ4v) is 8.34. The van der Waals surface area contributed by atoms with Crippen LogP contribution < -0.4 is 65.6 Å². The lowest BCUT2D eigenvalue weighted by molar-refractivity contribution is 0.439. The van der Waals surface area contributed by atoms with Crippen LogP contribution >= 0.6 is 0 Å². The van der Waals surface area contributed by atoms with Gasteiger partial charge in [0.2, 0.25) is 0 Å². The van der Waals surface area contributed by atoms with Gasteiger partial charge in [0.1, 0.15) is 78.5 Å². The average Bonchev–Trinajstić information content (AvgIpc) is 2.96. The number of benzene rings is 3. The third-order valence-electron chi connectivity index (χ3n) is 11.7. The summed E-state index contributed by atoms with van der Waals surface area (Å²) in [5, 5.41) is 3.00. The van der Waals surface area contributed by atoms with Crippen LogP contribution in [0.1, 0.15) is 70.9 Å². The minimum absolute atomic E-state index is 0.507. The highest BCUT2D eigenvalue weighted by Crippen LogP contribution is 2.25. The molecule has 214 valence electrons. The van der Waals surface area contributed by atoms with E-state index in [-0.39, 0.29) is 0 Å². The van der Waals surface area contributed by atoms with Gasteiger partial charge in [-0.1, -0.05) is 107 Å². The minimum Gasteiger partial charge on any atom is -0.101 e. The van der Waals surface area contributed by atoms with Crippen LogP contribution in [0, 0.1) is 11.8 Å². The van der Waals surface area contributed by atoms with Gasteiger partial charge in [0.25, 0.3) is 0 Å². The first-order valence-corrected chi connectivity index (χ1v) is 17.3. The summed E-state index contributed by atoms with van der Waals surface area (Å²) in [6, 6.07) is 0. The molecule has 0 bridgehead atoms. The Kier molecular flexibility index (Phi) is 10.8. The standard InChI is InChI=1S/C33H49B11/c1-13(2)16-10-6-7-12-17(15(5)9-8-11-16)19-24(36)29(41)33(30(42)25(19)37)44-32-21-20(27(39)28(40)31(32)43)26(38)23(35)18(14(3)4)22(21)34/h7-8,11-14,16,44H,6,9-10,34-43H2,1-5H3/b11-8-,12-7-,17-15-. The molecule has 0 N–H and O–H groups in total. The minimum atomic E-state index is 0.507. The summed E-state index contributed by atoms with van der Waals surface area (Å²) in [4.78, 5) is 0. The molecule has 0 amide bonds. The largest absolute Gasteiger partial charge is 0.190 e. The van der Waals surface area contributed by atoms with Crippen molar-refractivity contribution in [3.8, 4) is 0 Å². The van der Waals surface area contributed by atoms with Gasteiger partial charge in [-0.05, 0) is 65.8 Å². The normalized spacial score (nSPS) is 19.0. The zero-order valence-electron chi connectivity index (χ0n) is 30.9. The molecule has 0 saturated carbocycles. The highest BCUT2D eigenvalue weighted by Gasteiger charge is 2.24. The van der Waals surface area contributed by atoms with E-state index in [0.717, 1.165) is 20.1 Å². The van der Waals surface area contributed by atoms with Gasteiger partial charge in [-0.3, -0.25) is 0 Å². The Morgan fingerprint density at radius 3 is 1.77 bits per heavy atom. The summed E-state index contributed by atoms with van der Waals surface area (Å²) in [6.07, 6.45) is 13.2. The molecule has 0 aromatic heterocycles. The molecule has 0 spiro atoms. The number of hydrogen-bond donors (Lipinski definition) is 0. The topological polar surface area (TPSA) is 0 Å². The second kappa shape index (κ2) is 13.7. The van der Waals surface area contributed by atoms with Crippen LogP contribution in [0.4, 0.5) is 0 Å². The van der Waals surface area contributed by atoms with E-state index in [1.54, 1.807) is 0 Å². The molecule has 0 fully saturated rings. The Hall–Kier alpha value is -2.15. The first kappa shape index (κ1) is 34.7. The van der Waals surface area contributed by atoms with Gasteiger partial charge >= 0.3 is 0 Å². The number of fused-ring (bicyclic) bond motifs is 1. The number of allylic oxidation sites excluding steroid dienone is 6. The van der Waals surface area contributed by atoms with Gasteiger partial charge in [-0.2, -0.15) is 0 Å². The molecule has 0 radical (unpaired) electrons. The van der Waals surface area contributed by atoms with Crippen molar-refractivity contribution in [3.05, 3.63) is 41.0 Å². The maximum Gasteiger partial charge on any atom is 0.190 e. The molecule has 1 aliphatic carbocycles. The third kappa shape index (κ3) is 6.16. The predicted octanol–water partition coefficient (Wildman–Crippen LogP) is -9.72. The molecular weight excluding hydrogens is 515 g/mol. The predicted molar refractivity (Wildman–Crippen MR) is 236 cm³/mol. The van der Waals surface area contributed by atoms with Crippen molar-refractivity contribution in [2.24, 2.45) is 11.8 Å². The van der Waals surface area contributed by atoms with Gasteiger partial charge < -0.3 is 0 Å². The van der Waals surface area contributed by atoms with Crippen molar-refractivity contribution in [1.29, 1.82) is 0 Å². The fraction of sp³-hybridized carbons (Fsp3) is 0.333. The maximum absolute atomic E-state index is 2.48. The van der Waals surface area contributed by atoms with Crippen molar-refractivity contribution in [2.45, 2.75) is 59.8 Å². The van der Waals surface area contributed by atoms with Crippen LogP contribution in [0.3, 0.4) is 0 Å². The molecular formula is C33H49B11. The third-order valence-corrected chi connectivity index (χ3v) is 11.7. The molecule has 3 aromatic rings. The molecule has 0 nitrogen and oxygen atoms in total. The summed E-state index contributed by atoms with van der Waals surface area (Å²) < 4.78 is 0. The van der Waals surface area contributed by atoms with E-state index >= 15 is 0 Å². The molecule has 1 atom stereocenters. The summed E-state index contributed by atoms with van der Waals surface area (Å²) in [6.45, 7) is 11.8. The molecule has 11 heteroatoms. The van der Waals surface area contributed by atoms with Crippen molar-refractivity contribution in [2.75, 3.05) is 0 Å². The summed E-state index contributed by atoms with van der Waals surface area (Å²) in [5.74, 6) is 1.86. The first-order chi connectivity index (χ1) is 20.6. The monoisotopic (exact) mass is 566 g/mol. The molecule has 0 aliphatic heterocycles. The van der Waals surface area contributed by atoms with Crippen LogP contribution in [0.15, 0.2) is 29.9 Å². The molecule has 3 aromatic carbocycles. The van der Waals surface area contributed by atoms with E-state index in [1.165, 1.54) is 105 Å². The van der Waals surface area contributed by atoms with Gasteiger partial charge in [-0.25, -0.2) is 0 Å². The van der Waals surface area contributed by atoms with Crippen LogP contribution in [0.25, 0.3) is 16.3 Å². The van der Waals surface area contributed by atoms with Crippen LogP contribution in [-0.2, 0) is 0 Å². The van der Waals surface area contributed by atoms with E-state index in [1.807, 2.05) is 0 Å². The SMILES string of the molecule is Bc1c(B)c(C2=C(/C)C/C=C\C(C(C)C)CC/C=C\2)c(B)c(B)c1Bc1c(B)c(B)c(B)c2c(B)c(B)c(C(C)C)c(B)c12. The van der Waals surface area contributed by atoms with Crippen LogP contribution in [-0.4, -0.2) is 85.7 Å². The van der Waals surface area contributed by atoms with Gasteiger partial charge in [-0.15, -0.1) is 21.9 Å². The molecule has 44 heavy (non-hydrogen) atoms. The molecule has 0 heterocycles. The van der Waals surface area contributed by atoms with Crippen LogP contribution in [0.2, 0.25) is 0 Å². The summed E-state index contributed by atoms with van der Waals surface area (Å²) >= 11 is 0. The number of hydrogen-bond acceptors (Lipinski definition) is 0. The second-order valence-electron chi connectivity index (χ2n) is 14.8. The maximum atomic E-state index is 2.48. The van der Waals surface area contributed by atoms with E-state index in [4.69, 9.17) is 0 Å². The second-order valence-corrected chi connectivity index (χ2v) is 14.8.